The van der Waals surface area contributed by atoms with Crippen molar-refractivity contribution in [3.8, 4) is 0 Å². The molecule has 0 aromatic carbocycles. The molecule has 1 rings (SSSR count). The molecule has 1 unspecified atom stereocenters. The molecule has 1 N–H and O–H groups in total. The van der Waals surface area contributed by atoms with Crippen molar-refractivity contribution in [2.45, 2.75) is 25.7 Å². The maximum absolute atomic E-state index is 10.6. The number of nitrogens with zero attached hydrogens (tertiary/aromatic N) is 1. The molecular weight excluding hydrogens is 178 g/mol. The standard InChI is InChI=1S/C11H19NO2/c1-2-3-6-12-7-4-5-10(9-12)8-11(13)14/h2,10H,1,3-9H2,(H,13,14). The average Bonchev–Trinajstić information content (AvgIpc) is 2.14. The van der Waals surface area contributed by atoms with Gasteiger partial charge in [0, 0.05) is 19.5 Å². The van der Waals surface area contributed by atoms with Gasteiger partial charge in [0.05, 0.1) is 0 Å². The number of hydrogen-bond acceptors (Lipinski definition) is 2. The molecule has 0 bridgehead atoms. The topological polar surface area (TPSA) is 40.5 Å². The van der Waals surface area contributed by atoms with Crippen molar-refractivity contribution < 1.29 is 9.90 Å². The van der Waals surface area contributed by atoms with Crippen molar-refractivity contribution in [3.63, 3.8) is 0 Å². The van der Waals surface area contributed by atoms with Gasteiger partial charge in [-0.1, -0.05) is 6.08 Å². The van der Waals surface area contributed by atoms with Gasteiger partial charge in [-0.3, -0.25) is 4.79 Å². The Morgan fingerprint density at radius 2 is 2.43 bits per heavy atom. The molecule has 0 aliphatic carbocycles. The van der Waals surface area contributed by atoms with Crippen LogP contribution in [-0.2, 0) is 4.79 Å². The Balaban J connectivity index is 2.27. The largest absolute Gasteiger partial charge is 0.481 e. The van der Waals surface area contributed by atoms with Crippen molar-refractivity contribution >= 4 is 5.97 Å². The summed E-state index contributed by atoms with van der Waals surface area (Å²) >= 11 is 0. The van der Waals surface area contributed by atoms with Gasteiger partial charge in [0.15, 0.2) is 0 Å². The normalized spacial score (nSPS) is 23.3. The number of carboxylic acid groups (broad SMARTS) is 1. The van der Waals surface area contributed by atoms with Crippen LogP contribution in [0.2, 0.25) is 0 Å². The smallest absolute Gasteiger partial charge is 0.303 e. The van der Waals surface area contributed by atoms with E-state index in [4.69, 9.17) is 5.11 Å². The van der Waals surface area contributed by atoms with Crippen LogP contribution in [0.4, 0.5) is 0 Å². The third kappa shape index (κ3) is 3.92. The molecule has 0 radical (unpaired) electrons. The van der Waals surface area contributed by atoms with Gasteiger partial charge in [0.1, 0.15) is 0 Å². The zero-order valence-corrected chi connectivity index (χ0v) is 8.61. The molecule has 1 fully saturated rings. The minimum atomic E-state index is -0.666. The second-order valence-corrected chi connectivity index (χ2v) is 3.98. The van der Waals surface area contributed by atoms with Crippen molar-refractivity contribution in [3.05, 3.63) is 12.7 Å². The lowest BCUT2D eigenvalue weighted by atomic mass is 9.95. The lowest BCUT2D eigenvalue weighted by Gasteiger charge is -2.31. The van der Waals surface area contributed by atoms with Crippen LogP contribution in [0.3, 0.4) is 0 Å². The number of likely N-dealkylation sites (tertiary alicyclic amines) is 1. The zero-order chi connectivity index (χ0) is 10.4. The Kier molecular flexibility index (Phi) is 4.66. The van der Waals surface area contributed by atoms with Gasteiger partial charge in [0.2, 0.25) is 0 Å². The van der Waals surface area contributed by atoms with Crippen LogP contribution in [0.25, 0.3) is 0 Å². The molecule has 80 valence electrons. The highest BCUT2D eigenvalue weighted by molar-refractivity contribution is 5.67. The predicted octanol–water partition coefficient (Wildman–Crippen LogP) is 1.75. The summed E-state index contributed by atoms with van der Waals surface area (Å²) in [6.07, 6.45) is 5.44. The van der Waals surface area contributed by atoms with E-state index in [0.717, 1.165) is 38.9 Å². The van der Waals surface area contributed by atoms with E-state index in [2.05, 4.69) is 11.5 Å². The molecule has 0 spiro atoms. The average molecular weight is 197 g/mol. The zero-order valence-electron chi connectivity index (χ0n) is 8.61. The second kappa shape index (κ2) is 5.81. The van der Waals surface area contributed by atoms with E-state index in [1.165, 1.54) is 0 Å². The molecule has 1 saturated heterocycles. The molecule has 0 saturated carbocycles. The Hall–Kier alpha value is -0.830. The molecule has 1 heterocycles. The third-order valence-corrected chi connectivity index (χ3v) is 2.72. The van der Waals surface area contributed by atoms with Gasteiger partial charge in [0.25, 0.3) is 0 Å². The van der Waals surface area contributed by atoms with Crippen LogP contribution in [-0.4, -0.2) is 35.6 Å². The highest BCUT2D eigenvalue weighted by Crippen LogP contribution is 2.19. The van der Waals surface area contributed by atoms with E-state index in [9.17, 15) is 4.79 Å². The molecule has 0 aromatic rings. The molecule has 3 heteroatoms. The highest BCUT2D eigenvalue weighted by Gasteiger charge is 2.21. The molecule has 3 nitrogen and oxygen atoms in total. The monoisotopic (exact) mass is 197 g/mol. The first kappa shape index (κ1) is 11.2. The minimum absolute atomic E-state index is 0.324. The predicted molar refractivity (Wildman–Crippen MR) is 56.2 cm³/mol. The Bertz CT molecular complexity index is 203. The van der Waals surface area contributed by atoms with Crippen LogP contribution >= 0.6 is 0 Å². The number of hydrogen-bond donors (Lipinski definition) is 1. The molecule has 14 heavy (non-hydrogen) atoms. The first-order valence-electron chi connectivity index (χ1n) is 5.27. The van der Waals surface area contributed by atoms with Crippen LogP contribution in [0.15, 0.2) is 12.7 Å². The summed E-state index contributed by atoms with van der Waals surface area (Å²) in [6, 6.07) is 0. The highest BCUT2D eigenvalue weighted by atomic mass is 16.4. The summed E-state index contributed by atoms with van der Waals surface area (Å²) in [7, 11) is 0. The van der Waals surface area contributed by atoms with Gasteiger partial charge in [-0.05, 0) is 31.7 Å². The first-order chi connectivity index (χ1) is 6.72. The SMILES string of the molecule is C=CCCN1CCCC(CC(=O)O)C1. The number of carboxylic acids is 1. The van der Waals surface area contributed by atoms with Gasteiger partial charge in [-0.2, -0.15) is 0 Å². The summed E-state index contributed by atoms with van der Waals surface area (Å²) in [5, 5.41) is 8.69. The second-order valence-electron chi connectivity index (χ2n) is 3.98. The van der Waals surface area contributed by atoms with Crippen LogP contribution in [0.5, 0.6) is 0 Å². The molecule has 1 aliphatic heterocycles. The van der Waals surface area contributed by atoms with Crippen molar-refractivity contribution in [1.29, 1.82) is 0 Å². The van der Waals surface area contributed by atoms with Gasteiger partial charge in [-0.25, -0.2) is 0 Å². The van der Waals surface area contributed by atoms with Gasteiger partial charge < -0.3 is 10.0 Å². The molecule has 0 aromatic heterocycles. The maximum Gasteiger partial charge on any atom is 0.303 e. The Labute approximate surface area is 85.4 Å². The van der Waals surface area contributed by atoms with Gasteiger partial charge >= 0.3 is 5.97 Å². The molecule has 0 amide bonds. The van der Waals surface area contributed by atoms with E-state index in [1.807, 2.05) is 6.08 Å². The summed E-state index contributed by atoms with van der Waals surface area (Å²) in [5.41, 5.74) is 0. The summed E-state index contributed by atoms with van der Waals surface area (Å²) < 4.78 is 0. The van der Waals surface area contributed by atoms with E-state index in [1.54, 1.807) is 0 Å². The lowest BCUT2D eigenvalue weighted by molar-refractivity contribution is -0.138. The number of carbonyl (C=O) groups is 1. The molecule has 1 aliphatic rings. The quantitative estimate of drug-likeness (QED) is 0.683. The number of piperidine rings is 1. The molecule has 1 atom stereocenters. The van der Waals surface area contributed by atoms with E-state index in [0.29, 0.717) is 12.3 Å². The fraction of sp³-hybridized carbons (Fsp3) is 0.727. The number of rotatable bonds is 5. The van der Waals surface area contributed by atoms with E-state index in [-0.39, 0.29) is 0 Å². The number of aliphatic carboxylic acids is 1. The summed E-state index contributed by atoms with van der Waals surface area (Å²) in [4.78, 5) is 12.9. The van der Waals surface area contributed by atoms with E-state index < -0.39 is 5.97 Å². The fourth-order valence-electron chi connectivity index (χ4n) is 2.04. The minimum Gasteiger partial charge on any atom is -0.481 e. The van der Waals surface area contributed by atoms with Gasteiger partial charge in [-0.15, -0.1) is 6.58 Å². The van der Waals surface area contributed by atoms with E-state index >= 15 is 0 Å². The summed E-state index contributed by atoms with van der Waals surface area (Å²) in [5.74, 6) is -0.313. The maximum atomic E-state index is 10.6. The summed E-state index contributed by atoms with van der Waals surface area (Å²) in [6.45, 7) is 6.78. The van der Waals surface area contributed by atoms with Crippen molar-refractivity contribution in [2.75, 3.05) is 19.6 Å². The Morgan fingerprint density at radius 3 is 3.07 bits per heavy atom. The fourth-order valence-corrected chi connectivity index (χ4v) is 2.04. The van der Waals surface area contributed by atoms with Crippen LogP contribution in [0, 0.1) is 5.92 Å². The first-order valence-corrected chi connectivity index (χ1v) is 5.27. The molecular formula is C11H19NO2. The van der Waals surface area contributed by atoms with Crippen LogP contribution < -0.4 is 0 Å². The Morgan fingerprint density at radius 1 is 1.64 bits per heavy atom. The van der Waals surface area contributed by atoms with Crippen LogP contribution in [0.1, 0.15) is 25.7 Å². The van der Waals surface area contributed by atoms with Crippen molar-refractivity contribution in [2.24, 2.45) is 5.92 Å². The van der Waals surface area contributed by atoms with Crippen molar-refractivity contribution in [1.82, 2.24) is 4.90 Å². The third-order valence-electron chi connectivity index (χ3n) is 2.72. The lowest BCUT2D eigenvalue weighted by Crippen LogP contribution is -2.36.